The molecule has 1 amide bonds. The summed E-state index contributed by atoms with van der Waals surface area (Å²) in [6.45, 7) is 7.08. The topological polar surface area (TPSA) is 104 Å². The first kappa shape index (κ1) is 22.7. The van der Waals surface area contributed by atoms with Gasteiger partial charge in [0.15, 0.2) is 4.34 Å². The molecular formula is C19H25N5O3S3. The summed E-state index contributed by atoms with van der Waals surface area (Å²) in [6, 6.07) is 4.99. The van der Waals surface area contributed by atoms with Gasteiger partial charge in [0, 0.05) is 25.3 Å². The maximum atomic E-state index is 13.0. The molecule has 0 atom stereocenters. The third-order valence-electron chi connectivity index (χ3n) is 4.54. The average molecular weight is 468 g/mol. The van der Waals surface area contributed by atoms with Crippen LogP contribution in [0.15, 0.2) is 40.1 Å². The lowest BCUT2D eigenvalue weighted by molar-refractivity contribution is -0.113. The molecule has 0 saturated carbocycles. The van der Waals surface area contributed by atoms with Crippen LogP contribution >= 0.6 is 23.1 Å². The highest BCUT2D eigenvalue weighted by molar-refractivity contribution is 8.01. The number of nitrogens with one attached hydrogen (secondary N) is 2. The number of benzene rings is 1. The summed E-state index contributed by atoms with van der Waals surface area (Å²) in [6.07, 6.45) is 4.53. The number of aromatic nitrogens is 2. The Kier molecular flexibility index (Phi) is 7.87. The third kappa shape index (κ3) is 5.81. The highest BCUT2D eigenvalue weighted by atomic mass is 32.2. The van der Waals surface area contributed by atoms with Crippen LogP contribution in [0.3, 0.4) is 0 Å². The van der Waals surface area contributed by atoms with Crippen molar-refractivity contribution in [2.75, 3.05) is 36.0 Å². The molecule has 8 nitrogen and oxygen atoms in total. The number of anilines is 2. The second-order valence-corrected chi connectivity index (χ2v) is 10.9. The van der Waals surface area contributed by atoms with E-state index in [9.17, 15) is 13.2 Å². The molecule has 1 saturated heterocycles. The van der Waals surface area contributed by atoms with Crippen LogP contribution in [0, 0.1) is 6.92 Å². The van der Waals surface area contributed by atoms with Crippen LogP contribution in [0.25, 0.3) is 0 Å². The highest BCUT2D eigenvalue weighted by Crippen LogP contribution is 2.27. The molecule has 0 radical (unpaired) electrons. The number of carbonyl (C=O) groups excluding carboxylic acids is 1. The number of piperidine rings is 1. The van der Waals surface area contributed by atoms with Gasteiger partial charge in [0.2, 0.25) is 21.1 Å². The fraction of sp³-hybridized carbons (Fsp3) is 0.421. The maximum Gasteiger partial charge on any atom is 0.243 e. The zero-order valence-corrected chi connectivity index (χ0v) is 19.2. The van der Waals surface area contributed by atoms with Crippen molar-refractivity contribution in [1.82, 2.24) is 14.5 Å². The molecule has 0 aliphatic carbocycles. The second-order valence-electron chi connectivity index (χ2n) is 6.82. The number of rotatable bonds is 9. The Morgan fingerprint density at radius 1 is 1.30 bits per heavy atom. The second kappa shape index (κ2) is 10.4. The molecule has 1 fully saturated rings. The number of aryl methyl sites for hydroxylation is 1. The summed E-state index contributed by atoms with van der Waals surface area (Å²) in [5.74, 6) is -0.0842. The molecule has 0 unspecified atom stereocenters. The first-order valence-corrected chi connectivity index (χ1v) is 12.9. The van der Waals surface area contributed by atoms with Gasteiger partial charge in [0.25, 0.3) is 0 Å². The SMILES string of the molecule is C=CCNc1nnc(SCC(=O)Nc2ccc(C)c(S(=O)(=O)N3CCCCC3)c2)s1. The molecule has 0 bridgehead atoms. The van der Waals surface area contributed by atoms with E-state index in [1.54, 1.807) is 31.2 Å². The predicted octanol–water partition coefficient (Wildman–Crippen LogP) is 3.35. The van der Waals surface area contributed by atoms with Gasteiger partial charge >= 0.3 is 0 Å². The molecule has 1 aromatic carbocycles. The molecule has 162 valence electrons. The molecule has 2 N–H and O–H groups in total. The molecule has 2 aromatic rings. The van der Waals surface area contributed by atoms with E-state index in [1.807, 2.05) is 0 Å². The van der Waals surface area contributed by atoms with Crippen molar-refractivity contribution in [1.29, 1.82) is 0 Å². The minimum Gasteiger partial charge on any atom is -0.357 e. The summed E-state index contributed by atoms with van der Waals surface area (Å²) in [5, 5.41) is 14.5. The van der Waals surface area contributed by atoms with Gasteiger partial charge in [-0.25, -0.2) is 8.42 Å². The summed E-state index contributed by atoms with van der Waals surface area (Å²) >= 11 is 2.64. The Bertz CT molecular complexity index is 1000. The van der Waals surface area contributed by atoms with E-state index < -0.39 is 10.0 Å². The number of nitrogens with zero attached hydrogens (tertiary/aromatic N) is 3. The largest absolute Gasteiger partial charge is 0.357 e. The van der Waals surface area contributed by atoms with Crippen LogP contribution in [-0.2, 0) is 14.8 Å². The molecule has 3 rings (SSSR count). The fourth-order valence-corrected chi connectivity index (χ4v) is 6.35. The van der Waals surface area contributed by atoms with E-state index in [4.69, 9.17) is 0 Å². The lowest BCUT2D eigenvalue weighted by atomic mass is 10.2. The number of hydrogen-bond donors (Lipinski definition) is 2. The van der Waals surface area contributed by atoms with Crippen LogP contribution in [0.2, 0.25) is 0 Å². The average Bonchev–Trinajstić information content (AvgIpc) is 3.20. The van der Waals surface area contributed by atoms with Crippen molar-refractivity contribution in [2.45, 2.75) is 35.4 Å². The molecule has 30 heavy (non-hydrogen) atoms. The van der Waals surface area contributed by atoms with Gasteiger partial charge in [-0.15, -0.1) is 16.8 Å². The summed E-state index contributed by atoms with van der Waals surface area (Å²) in [7, 11) is -3.56. The fourth-order valence-electron chi connectivity index (χ4n) is 3.02. The Hall–Kier alpha value is -1.95. The van der Waals surface area contributed by atoms with Crippen molar-refractivity contribution in [3.63, 3.8) is 0 Å². The van der Waals surface area contributed by atoms with Crippen LogP contribution in [0.5, 0.6) is 0 Å². The zero-order valence-electron chi connectivity index (χ0n) is 16.8. The van der Waals surface area contributed by atoms with Crippen molar-refractivity contribution in [3.05, 3.63) is 36.4 Å². The van der Waals surface area contributed by atoms with Crippen LogP contribution in [0.4, 0.5) is 10.8 Å². The van der Waals surface area contributed by atoms with E-state index in [2.05, 4.69) is 27.4 Å². The highest BCUT2D eigenvalue weighted by Gasteiger charge is 2.27. The van der Waals surface area contributed by atoms with Gasteiger partial charge in [-0.05, 0) is 37.5 Å². The van der Waals surface area contributed by atoms with E-state index in [1.165, 1.54) is 27.4 Å². The lowest BCUT2D eigenvalue weighted by Crippen LogP contribution is -2.36. The van der Waals surface area contributed by atoms with Gasteiger partial charge in [-0.3, -0.25) is 4.79 Å². The third-order valence-corrected chi connectivity index (χ3v) is 8.59. The molecule has 2 heterocycles. The number of sulfonamides is 1. The Balaban J connectivity index is 1.62. The number of amides is 1. The van der Waals surface area contributed by atoms with Gasteiger partial charge in [0.05, 0.1) is 10.6 Å². The predicted molar refractivity (Wildman–Crippen MR) is 122 cm³/mol. The Morgan fingerprint density at radius 2 is 2.07 bits per heavy atom. The monoisotopic (exact) mass is 467 g/mol. The molecule has 1 aromatic heterocycles. The minimum absolute atomic E-state index is 0.151. The van der Waals surface area contributed by atoms with Crippen molar-refractivity contribution < 1.29 is 13.2 Å². The van der Waals surface area contributed by atoms with Crippen LogP contribution < -0.4 is 10.6 Å². The van der Waals surface area contributed by atoms with Crippen molar-refractivity contribution in [3.8, 4) is 0 Å². The molecule has 1 aliphatic rings. The molecule has 0 spiro atoms. The Labute approximate surface area is 185 Å². The first-order chi connectivity index (χ1) is 14.4. The van der Waals surface area contributed by atoms with Gasteiger partial charge in [0.1, 0.15) is 0 Å². The molecular weight excluding hydrogens is 442 g/mol. The smallest absolute Gasteiger partial charge is 0.243 e. The summed E-state index contributed by atoms with van der Waals surface area (Å²) in [4.78, 5) is 12.6. The maximum absolute atomic E-state index is 13.0. The normalized spacial score (nSPS) is 15.0. The first-order valence-electron chi connectivity index (χ1n) is 9.62. The van der Waals surface area contributed by atoms with Crippen molar-refractivity contribution in [2.24, 2.45) is 0 Å². The molecule has 1 aliphatic heterocycles. The Morgan fingerprint density at radius 3 is 2.80 bits per heavy atom. The zero-order chi connectivity index (χ0) is 21.6. The summed E-state index contributed by atoms with van der Waals surface area (Å²) < 4.78 is 28.2. The van der Waals surface area contributed by atoms with Crippen LogP contribution in [-0.4, -0.2) is 54.2 Å². The van der Waals surface area contributed by atoms with E-state index in [-0.39, 0.29) is 16.6 Å². The van der Waals surface area contributed by atoms with E-state index in [0.29, 0.717) is 40.4 Å². The van der Waals surface area contributed by atoms with E-state index in [0.717, 1.165) is 19.3 Å². The number of carbonyl (C=O) groups is 1. The van der Waals surface area contributed by atoms with Crippen molar-refractivity contribution >= 4 is 49.8 Å². The van der Waals surface area contributed by atoms with Gasteiger partial charge < -0.3 is 10.6 Å². The lowest BCUT2D eigenvalue weighted by Gasteiger charge is -2.26. The van der Waals surface area contributed by atoms with Crippen LogP contribution in [0.1, 0.15) is 24.8 Å². The number of hydrogen-bond acceptors (Lipinski definition) is 8. The number of thioether (sulfide) groups is 1. The standard InChI is InChI=1S/C19H25N5O3S3/c1-3-9-20-18-22-23-19(29-18)28-13-17(25)21-15-8-7-14(2)16(12-15)30(26,27)24-10-5-4-6-11-24/h3,7-8,12H,1,4-6,9-11,13H2,2H3,(H,20,22)(H,21,25). The molecule has 11 heteroatoms. The van der Waals surface area contributed by atoms with E-state index >= 15 is 0 Å². The minimum atomic E-state index is -3.56. The summed E-state index contributed by atoms with van der Waals surface area (Å²) in [5.41, 5.74) is 1.13. The van der Waals surface area contributed by atoms with Gasteiger partial charge in [-0.1, -0.05) is 41.7 Å². The quantitative estimate of drug-likeness (QED) is 0.430. The van der Waals surface area contributed by atoms with Gasteiger partial charge in [-0.2, -0.15) is 4.31 Å².